The van der Waals surface area contributed by atoms with Gasteiger partial charge in [0.2, 0.25) is 5.91 Å². The number of likely N-dealkylation sites (N-methyl/N-ethyl adjacent to an activating group) is 1. The number of anilines is 2. The molecule has 0 saturated heterocycles. The van der Waals surface area contributed by atoms with Gasteiger partial charge in [-0.05, 0) is 18.2 Å². The third-order valence-corrected chi connectivity index (χ3v) is 3.36. The number of hydrogen-bond donors (Lipinski definition) is 1. The first-order valence-electron chi connectivity index (χ1n) is 5.57. The van der Waals surface area contributed by atoms with Crippen molar-refractivity contribution in [3.8, 4) is 6.07 Å². The largest absolute Gasteiger partial charge is 0.375 e. The molecule has 2 N–H and O–H groups in total. The van der Waals surface area contributed by atoms with Crippen molar-refractivity contribution >= 4 is 28.1 Å². The molecule has 2 aromatic rings. The quantitative estimate of drug-likeness (QED) is 0.923. The van der Waals surface area contributed by atoms with E-state index in [9.17, 15) is 4.79 Å². The Balaban J connectivity index is 2.12. The molecule has 1 amide bonds. The van der Waals surface area contributed by atoms with Gasteiger partial charge in [0.05, 0.1) is 23.7 Å². The molecule has 2 rings (SSSR count). The number of hydrogen-bond acceptors (Lipinski definition) is 5. The number of aromatic nitrogens is 1. The van der Waals surface area contributed by atoms with Crippen LogP contribution in [0.3, 0.4) is 0 Å². The summed E-state index contributed by atoms with van der Waals surface area (Å²) in [6.45, 7) is 0. The summed E-state index contributed by atoms with van der Waals surface area (Å²) in [5.74, 6) is -0.0969. The van der Waals surface area contributed by atoms with Gasteiger partial charge in [0.25, 0.3) is 0 Å². The van der Waals surface area contributed by atoms with Gasteiger partial charge < -0.3 is 10.6 Å². The van der Waals surface area contributed by atoms with Crippen molar-refractivity contribution in [3.05, 3.63) is 40.9 Å². The lowest BCUT2D eigenvalue weighted by atomic mass is 10.2. The number of amides is 1. The van der Waals surface area contributed by atoms with Crippen LogP contribution >= 0.6 is 11.3 Å². The maximum Gasteiger partial charge on any atom is 0.232 e. The maximum absolute atomic E-state index is 12.1. The Kier molecular flexibility index (Phi) is 3.78. The van der Waals surface area contributed by atoms with E-state index in [1.165, 1.54) is 16.2 Å². The number of nitrogens with zero attached hydrogens (tertiary/aromatic N) is 3. The van der Waals surface area contributed by atoms with Crippen LogP contribution in [-0.2, 0) is 11.2 Å². The number of nitrogens with two attached hydrogens (primary N) is 1. The Morgan fingerprint density at radius 1 is 1.58 bits per heavy atom. The zero-order chi connectivity index (χ0) is 13.8. The summed E-state index contributed by atoms with van der Waals surface area (Å²) in [6.07, 6.45) is 0.195. The zero-order valence-electron chi connectivity index (χ0n) is 10.3. The molecule has 5 nitrogen and oxygen atoms in total. The van der Waals surface area contributed by atoms with Crippen molar-refractivity contribution in [3.63, 3.8) is 0 Å². The molecule has 0 aliphatic carbocycles. The first-order valence-corrected chi connectivity index (χ1v) is 6.44. The van der Waals surface area contributed by atoms with Gasteiger partial charge >= 0.3 is 0 Å². The molecule has 6 heteroatoms. The first-order chi connectivity index (χ1) is 9.10. The third-order valence-electron chi connectivity index (χ3n) is 2.64. The summed E-state index contributed by atoms with van der Waals surface area (Å²) in [5.41, 5.74) is 7.40. The van der Waals surface area contributed by atoms with Crippen LogP contribution in [0.25, 0.3) is 0 Å². The molecule has 1 aromatic carbocycles. The average Bonchev–Trinajstić information content (AvgIpc) is 2.83. The number of carbonyl (C=O) groups is 1. The van der Waals surface area contributed by atoms with Crippen LogP contribution < -0.4 is 10.6 Å². The predicted octanol–water partition coefficient (Wildman–Crippen LogP) is 1.80. The summed E-state index contributed by atoms with van der Waals surface area (Å²) < 4.78 is 0. The second-order valence-electron chi connectivity index (χ2n) is 3.97. The molecule has 0 unspecified atom stereocenters. The molecule has 0 radical (unpaired) electrons. The van der Waals surface area contributed by atoms with E-state index >= 15 is 0 Å². The fourth-order valence-corrected chi connectivity index (χ4v) is 2.17. The highest BCUT2D eigenvalue weighted by atomic mass is 32.1. The Bertz CT molecular complexity index is 644. The van der Waals surface area contributed by atoms with Crippen molar-refractivity contribution in [1.29, 1.82) is 5.26 Å². The summed E-state index contributed by atoms with van der Waals surface area (Å²) >= 11 is 1.31. The third kappa shape index (κ3) is 3.09. The minimum absolute atomic E-state index is 0.0969. The number of rotatable bonds is 3. The van der Waals surface area contributed by atoms with E-state index in [-0.39, 0.29) is 12.3 Å². The molecule has 0 atom stereocenters. The lowest BCUT2D eigenvalue weighted by Gasteiger charge is -2.16. The topological polar surface area (TPSA) is 83.0 Å². The van der Waals surface area contributed by atoms with Gasteiger partial charge in [-0.15, -0.1) is 11.3 Å². The highest BCUT2D eigenvalue weighted by Gasteiger charge is 2.13. The van der Waals surface area contributed by atoms with E-state index in [0.29, 0.717) is 22.1 Å². The summed E-state index contributed by atoms with van der Waals surface area (Å²) in [5, 5.41) is 11.1. The summed E-state index contributed by atoms with van der Waals surface area (Å²) in [4.78, 5) is 17.7. The molecule has 0 aliphatic heterocycles. The van der Waals surface area contributed by atoms with Crippen molar-refractivity contribution in [1.82, 2.24) is 4.98 Å². The standard InChI is InChI=1S/C13H12N4OS/c1-17(11-4-2-3-9(5-11)7-14)12(18)6-10-8-19-13(15)16-10/h2-5,8H,6H2,1H3,(H2,15,16). The molecule has 19 heavy (non-hydrogen) atoms. The second kappa shape index (κ2) is 5.50. The minimum atomic E-state index is -0.0969. The first kappa shape index (κ1) is 13.1. The van der Waals surface area contributed by atoms with Gasteiger partial charge in [0.1, 0.15) is 0 Å². The fourth-order valence-electron chi connectivity index (χ4n) is 1.61. The Morgan fingerprint density at radius 2 is 2.37 bits per heavy atom. The van der Waals surface area contributed by atoms with Gasteiger partial charge in [-0.1, -0.05) is 6.07 Å². The van der Waals surface area contributed by atoms with Crippen LogP contribution in [0.1, 0.15) is 11.3 Å². The number of thiazole rings is 1. The van der Waals surface area contributed by atoms with E-state index in [2.05, 4.69) is 4.98 Å². The van der Waals surface area contributed by atoms with Crippen molar-refractivity contribution < 1.29 is 4.79 Å². The fraction of sp³-hybridized carbons (Fsp3) is 0.154. The average molecular weight is 272 g/mol. The minimum Gasteiger partial charge on any atom is -0.375 e. The molecule has 0 saturated carbocycles. The second-order valence-corrected chi connectivity index (χ2v) is 4.86. The van der Waals surface area contributed by atoms with Crippen LogP contribution in [0, 0.1) is 11.3 Å². The number of benzene rings is 1. The zero-order valence-corrected chi connectivity index (χ0v) is 11.1. The number of nitrogen functional groups attached to an aromatic ring is 1. The lowest BCUT2D eigenvalue weighted by Crippen LogP contribution is -2.28. The number of carbonyl (C=O) groups excluding carboxylic acids is 1. The summed E-state index contributed by atoms with van der Waals surface area (Å²) in [6, 6.07) is 8.95. The molecule has 0 spiro atoms. The molecule has 0 bridgehead atoms. The Labute approximate surface area is 114 Å². The van der Waals surface area contributed by atoms with Gasteiger partial charge in [0, 0.05) is 18.1 Å². The Hall–Kier alpha value is -2.39. The highest BCUT2D eigenvalue weighted by Crippen LogP contribution is 2.17. The van der Waals surface area contributed by atoms with E-state index in [1.54, 1.807) is 36.7 Å². The molecule has 1 aromatic heterocycles. The molecule has 0 aliphatic rings. The highest BCUT2D eigenvalue weighted by molar-refractivity contribution is 7.13. The van der Waals surface area contributed by atoms with Gasteiger partial charge in [0.15, 0.2) is 5.13 Å². The molecular formula is C13H12N4OS. The van der Waals surface area contributed by atoms with E-state index < -0.39 is 0 Å². The monoisotopic (exact) mass is 272 g/mol. The van der Waals surface area contributed by atoms with E-state index in [4.69, 9.17) is 11.0 Å². The smallest absolute Gasteiger partial charge is 0.232 e. The van der Waals surface area contributed by atoms with Crippen LogP contribution in [0.5, 0.6) is 0 Å². The van der Waals surface area contributed by atoms with Crippen molar-refractivity contribution in [2.75, 3.05) is 17.7 Å². The van der Waals surface area contributed by atoms with Gasteiger partial charge in [-0.3, -0.25) is 4.79 Å². The SMILES string of the molecule is CN(C(=O)Cc1csc(N)n1)c1cccc(C#N)c1. The van der Waals surface area contributed by atoms with Gasteiger partial charge in [-0.25, -0.2) is 4.98 Å². The van der Waals surface area contributed by atoms with E-state index in [0.717, 1.165) is 0 Å². The van der Waals surface area contributed by atoms with E-state index in [1.807, 2.05) is 6.07 Å². The van der Waals surface area contributed by atoms with Crippen LogP contribution in [0.2, 0.25) is 0 Å². The molecular weight excluding hydrogens is 260 g/mol. The Morgan fingerprint density at radius 3 is 3.00 bits per heavy atom. The number of nitriles is 1. The van der Waals surface area contributed by atoms with Crippen molar-refractivity contribution in [2.45, 2.75) is 6.42 Å². The summed E-state index contributed by atoms with van der Waals surface area (Å²) in [7, 11) is 1.68. The predicted molar refractivity (Wildman–Crippen MR) is 74.8 cm³/mol. The van der Waals surface area contributed by atoms with Crippen LogP contribution in [0.15, 0.2) is 29.6 Å². The lowest BCUT2D eigenvalue weighted by molar-refractivity contribution is -0.117. The van der Waals surface area contributed by atoms with Gasteiger partial charge in [-0.2, -0.15) is 5.26 Å². The molecule has 96 valence electrons. The van der Waals surface area contributed by atoms with Crippen LogP contribution in [-0.4, -0.2) is 17.9 Å². The molecule has 0 fully saturated rings. The van der Waals surface area contributed by atoms with Crippen LogP contribution in [0.4, 0.5) is 10.8 Å². The van der Waals surface area contributed by atoms with Crippen molar-refractivity contribution in [2.24, 2.45) is 0 Å². The molecule has 1 heterocycles. The normalized spacial score (nSPS) is 9.89. The maximum atomic E-state index is 12.1.